The van der Waals surface area contributed by atoms with E-state index in [1.165, 1.54) is 110 Å². The Balaban J connectivity index is 1.28. The monoisotopic (exact) mass is 619 g/mol. The molecule has 234 valence electrons. The SMILES string of the molecule is CC1(C)c2ccccc2-c2ccc(N(c3ccc4ccccc4c3)c3ccccc3-c3cccc4cccc(C5CCCCC5)c34)cc21. The van der Waals surface area contributed by atoms with E-state index in [1.807, 2.05) is 0 Å². The molecule has 0 aromatic heterocycles. The Labute approximate surface area is 284 Å². The van der Waals surface area contributed by atoms with Crippen LogP contribution in [-0.4, -0.2) is 0 Å². The van der Waals surface area contributed by atoms with E-state index in [0.717, 1.165) is 0 Å². The second-order valence-corrected chi connectivity index (χ2v) is 14.4. The molecule has 1 fully saturated rings. The van der Waals surface area contributed by atoms with Crippen molar-refractivity contribution in [1.82, 2.24) is 0 Å². The van der Waals surface area contributed by atoms with Crippen molar-refractivity contribution < 1.29 is 0 Å². The van der Waals surface area contributed by atoms with E-state index in [4.69, 9.17) is 0 Å². The summed E-state index contributed by atoms with van der Waals surface area (Å²) in [6.45, 7) is 4.75. The third kappa shape index (κ3) is 4.67. The van der Waals surface area contributed by atoms with E-state index in [2.05, 4.69) is 164 Å². The maximum absolute atomic E-state index is 2.50. The lowest BCUT2D eigenvalue weighted by Gasteiger charge is -2.30. The number of nitrogens with zero attached hydrogens (tertiary/aromatic N) is 1. The van der Waals surface area contributed by atoms with Gasteiger partial charge in [-0.1, -0.05) is 148 Å². The largest absolute Gasteiger partial charge is 0.310 e. The van der Waals surface area contributed by atoms with Gasteiger partial charge in [-0.15, -0.1) is 0 Å². The summed E-state index contributed by atoms with van der Waals surface area (Å²) in [4.78, 5) is 2.50. The van der Waals surface area contributed by atoms with Gasteiger partial charge in [0, 0.05) is 22.4 Å². The number of rotatable bonds is 5. The summed E-state index contributed by atoms with van der Waals surface area (Å²) < 4.78 is 0. The highest BCUT2D eigenvalue weighted by atomic mass is 15.1. The molecule has 0 unspecified atom stereocenters. The van der Waals surface area contributed by atoms with Crippen molar-refractivity contribution in [1.29, 1.82) is 0 Å². The first-order valence-corrected chi connectivity index (χ1v) is 17.7. The van der Waals surface area contributed by atoms with Crippen LogP contribution in [-0.2, 0) is 5.41 Å². The minimum atomic E-state index is -0.0823. The second-order valence-electron chi connectivity index (χ2n) is 14.4. The first-order valence-electron chi connectivity index (χ1n) is 17.7. The summed E-state index contributed by atoms with van der Waals surface area (Å²) in [5.41, 5.74) is 13.1. The Morgan fingerprint density at radius 1 is 0.479 bits per heavy atom. The van der Waals surface area contributed by atoms with Crippen LogP contribution in [0.25, 0.3) is 43.8 Å². The third-order valence-corrected chi connectivity index (χ3v) is 11.2. The molecule has 0 saturated heterocycles. The van der Waals surface area contributed by atoms with Gasteiger partial charge >= 0.3 is 0 Å². The first-order chi connectivity index (χ1) is 23.6. The molecule has 0 bridgehead atoms. The van der Waals surface area contributed by atoms with Gasteiger partial charge in [0.1, 0.15) is 0 Å². The van der Waals surface area contributed by atoms with Crippen LogP contribution >= 0.6 is 0 Å². The van der Waals surface area contributed by atoms with Crippen LogP contribution in [0.5, 0.6) is 0 Å². The third-order valence-electron chi connectivity index (χ3n) is 11.2. The molecule has 1 heteroatoms. The molecule has 1 saturated carbocycles. The normalized spacial score (nSPS) is 15.4. The first kappa shape index (κ1) is 29.0. The zero-order valence-electron chi connectivity index (χ0n) is 27.9. The molecular formula is C47H41N. The molecule has 1 nitrogen and oxygen atoms in total. The highest BCUT2D eigenvalue weighted by molar-refractivity contribution is 6.04. The average molecular weight is 620 g/mol. The van der Waals surface area contributed by atoms with Gasteiger partial charge in [0.15, 0.2) is 0 Å². The Bertz CT molecular complexity index is 2310. The Kier molecular flexibility index (Phi) is 6.97. The van der Waals surface area contributed by atoms with Gasteiger partial charge in [-0.2, -0.15) is 0 Å². The fraction of sp³-hybridized carbons (Fsp3) is 0.191. The maximum atomic E-state index is 2.50. The number of benzene rings is 7. The van der Waals surface area contributed by atoms with Crippen LogP contribution in [0.3, 0.4) is 0 Å². The Morgan fingerprint density at radius 3 is 1.96 bits per heavy atom. The summed E-state index contributed by atoms with van der Waals surface area (Å²) in [5, 5.41) is 5.25. The number of hydrogen-bond acceptors (Lipinski definition) is 1. The molecule has 0 radical (unpaired) electrons. The van der Waals surface area contributed by atoms with Crippen LogP contribution in [0.4, 0.5) is 17.1 Å². The van der Waals surface area contributed by atoms with Crippen LogP contribution in [0.15, 0.2) is 146 Å². The van der Waals surface area contributed by atoms with Gasteiger partial charge in [-0.3, -0.25) is 0 Å². The fourth-order valence-corrected chi connectivity index (χ4v) is 8.82. The molecule has 9 rings (SSSR count). The van der Waals surface area contributed by atoms with Crippen molar-refractivity contribution in [3.8, 4) is 22.3 Å². The van der Waals surface area contributed by atoms with Crippen molar-refractivity contribution in [2.24, 2.45) is 0 Å². The molecule has 2 aliphatic carbocycles. The molecule has 0 heterocycles. The predicted molar refractivity (Wildman–Crippen MR) is 205 cm³/mol. The van der Waals surface area contributed by atoms with E-state index >= 15 is 0 Å². The van der Waals surface area contributed by atoms with E-state index in [-0.39, 0.29) is 5.41 Å². The smallest absolute Gasteiger partial charge is 0.0540 e. The topological polar surface area (TPSA) is 3.24 Å². The number of para-hydroxylation sites is 1. The highest BCUT2D eigenvalue weighted by Crippen LogP contribution is 2.52. The van der Waals surface area contributed by atoms with Crippen molar-refractivity contribution in [3.63, 3.8) is 0 Å². The molecule has 0 spiro atoms. The van der Waals surface area contributed by atoms with Crippen LogP contribution in [0, 0.1) is 0 Å². The zero-order chi connectivity index (χ0) is 32.2. The number of hydrogen-bond donors (Lipinski definition) is 0. The van der Waals surface area contributed by atoms with Gasteiger partial charge < -0.3 is 4.90 Å². The maximum Gasteiger partial charge on any atom is 0.0540 e. The fourth-order valence-electron chi connectivity index (χ4n) is 8.82. The lowest BCUT2D eigenvalue weighted by Crippen LogP contribution is -2.17. The highest BCUT2D eigenvalue weighted by Gasteiger charge is 2.36. The summed E-state index contributed by atoms with van der Waals surface area (Å²) >= 11 is 0. The van der Waals surface area contributed by atoms with Crippen LogP contribution in [0.1, 0.15) is 68.6 Å². The molecular weight excluding hydrogens is 579 g/mol. The van der Waals surface area contributed by atoms with Crippen molar-refractivity contribution in [2.45, 2.75) is 57.3 Å². The quantitative estimate of drug-likeness (QED) is 0.185. The van der Waals surface area contributed by atoms with E-state index in [9.17, 15) is 0 Å². The van der Waals surface area contributed by atoms with Crippen molar-refractivity contribution in [2.75, 3.05) is 4.90 Å². The molecule has 2 aliphatic rings. The van der Waals surface area contributed by atoms with E-state index in [0.29, 0.717) is 5.92 Å². The van der Waals surface area contributed by atoms with E-state index < -0.39 is 0 Å². The summed E-state index contributed by atoms with van der Waals surface area (Å²) in [6, 6.07) is 54.6. The molecule has 0 aliphatic heterocycles. The van der Waals surface area contributed by atoms with Gasteiger partial charge in [0.25, 0.3) is 0 Å². The second kappa shape index (κ2) is 11.5. The molecule has 0 N–H and O–H groups in total. The minimum Gasteiger partial charge on any atom is -0.310 e. The Hall–Kier alpha value is -5.14. The molecule has 0 amide bonds. The summed E-state index contributed by atoms with van der Waals surface area (Å²) in [5.74, 6) is 0.618. The predicted octanol–water partition coefficient (Wildman–Crippen LogP) is 13.5. The van der Waals surface area contributed by atoms with Gasteiger partial charge in [-0.05, 0) is 104 Å². The molecule has 48 heavy (non-hydrogen) atoms. The van der Waals surface area contributed by atoms with E-state index in [1.54, 1.807) is 0 Å². The number of fused-ring (bicyclic) bond motifs is 5. The van der Waals surface area contributed by atoms with Crippen LogP contribution in [0.2, 0.25) is 0 Å². The zero-order valence-corrected chi connectivity index (χ0v) is 27.9. The molecule has 0 atom stereocenters. The average Bonchev–Trinajstić information content (AvgIpc) is 3.37. The van der Waals surface area contributed by atoms with Crippen LogP contribution < -0.4 is 4.90 Å². The van der Waals surface area contributed by atoms with Gasteiger partial charge in [0.2, 0.25) is 0 Å². The standard InChI is InChI=1S/C47H41N/c1-47(2)43-24-10-8-20-39(43)40-29-28-37(31-44(40)47)48(36-27-26-32-14-6-7-17-35(32)30-36)45-25-11-9-21-41(45)42-23-13-19-34-18-12-22-38(46(34)42)33-15-4-3-5-16-33/h6-14,17-31,33H,3-5,15-16H2,1-2H3. The lowest BCUT2D eigenvalue weighted by molar-refractivity contribution is 0.445. The summed E-state index contributed by atoms with van der Waals surface area (Å²) in [7, 11) is 0. The Morgan fingerprint density at radius 2 is 1.10 bits per heavy atom. The molecule has 7 aromatic carbocycles. The summed E-state index contributed by atoms with van der Waals surface area (Å²) in [6.07, 6.45) is 6.58. The molecule has 7 aromatic rings. The lowest BCUT2D eigenvalue weighted by atomic mass is 9.80. The van der Waals surface area contributed by atoms with Crippen molar-refractivity contribution >= 4 is 38.6 Å². The van der Waals surface area contributed by atoms with Crippen molar-refractivity contribution in [3.05, 3.63) is 162 Å². The minimum absolute atomic E-state index is 0.0823. The van der Waals surface area contributed by atoms with Gasteiger partial charge in [0.05, 0.1) is 5.69 Å². The van der Waals surface area contributed by atoms with Gasteiger partial charge in [-0.25, -0.2) is 0 Å². The number of anilines is 3.